The lowest BCUT2D eigenvalue weighted by Gasteiger charge is -2.29. The van der Waals surface area contributed by atoms with Crippen LogP contribution in [0.25, 0.3) is 0 Å². The van der Waals surface area contributed by atoms with E-state index >= 15 is 0 Å². The first-order chi connectivity index (χ1) is 12.5. The van der Waals surface area contributed by atoms with Crippen molar-refractivity contribution in [3.8, 4) is 0 Å². The normalized spacial score (nSPS) is 11.7. The Morgan fingerprint density at radius 1 is 1.00 bits per heavy atom. The van der Waals surface area contributed by atoms with Crippen molar-refractivity contribution in [2.24, 2.45) is 0 Å². The SMILES string of the molecule is CCCCCCN(C(=O)OCC)C(Cc1ccc(F)cc1)C(=O)OCC. The molecular formula is C20H30FNO4. The maximum Gasteiger partial charge on any atom is 0.410 e. The van der Waals surface area contributed by atoms with Crippen molar-refractivity contribution in [1.82, 2.24) is 4.90 Å². The Hall–Kier alpha value is -2.11. The molecule has 0 aliphatic rings. The van der Waals surface area contributed by atoms with Gasteiger partial charge < -0.3 is 9.47 Å². The molecule has 0 aliphatic heterocycles. The standard InChI is InChI=1S/C20H30FNO4/c1-4-7-8-9-14-22(20(24)26-6-3)18(19(23)25-5-2)15-16-10-12-17(21)13-11-16/h10-13,18H,4-9,14-15H2,1-3H3. The Labute approximate surface area is 155 Å². The second kappa shape index (κ2) is 12.3. The van der Waals surface area contributed by atoms with Gasteiger partial charge in [0.05, 0.1) is 13.2 Å². The van der Waals surface area contributed by atoms with Gasteiger partial charge in [-0.25, -0.2) is 14.0 Å². The van der Waals surface area contributed by atoms with E-state index in [4.69, 9.17) is 9.47 Å². The van der Waals surface area contributed by atoms with Gasteiger partial charge in [-0.15, -0.1) is 0 Å². The van der Waals surface area contributed by atoms with Crippen LogP contribution in [0, 0.1) is 5.82 Å². The van der Waals surface area contributed by atoms with Gasteiger partial charge in [0.25, 0.3) is 0 Å². The van der Waals surface area contributed by atoms with Crippen LogP contribution in [0.15, 0.2) is 24.3 Å². The molecule has 26 heavy (non-hydrogen) atoms. The Morgan fingerprint density at radius 2 is 1.65 bits per heavy atom. The van der Waals surface area contributed by atoms with Crippen molar-refractivity contribution < 1.29 is 23.5 Å². The molecule has 0 radical (unpaired) electrons. The highest BCUT2D eigenvalue weighted by Gasteiger charge is 2.31. The molecule has 0 fully saturated rings. The molecule has 0 N–H and O–H groups in total. The molecule has 1 atom stereocenters. The Bertz CT molecular complexity index is 547. The highest BCUT2D eigenvalue weighted by atomic mass is 19.1. The molecule has 0 aromatic heterocycles. The van der Waals surface area contributed by atoms with E-state index in [1.54, 1.807) is 26.0 Å². The predicted molar refractivity (Wildman–Crippen MR) is 98.4 cm³/mol. The monoisotopic (exact) mass is 367 g/mol. The summed E-state index contributed by atoms with van der Waals surface area (Å²) < 4.78 is 23.5. The predicted octanol–water partition coefficient (Wildman–Crippen LogP) is 4.34. The highest BCUT2D eigenvalue weighted by molar-refractivity contribution is 5.81. The number of benzene rings is 1. The molecule has 0 aliphatic carbocycles. The number of halogens is 1. The first kappa shape index (κ1) is 21.9. The summed E-state index contributed by atoms with van der Waals surface area (Å²) >= 11 is 0. The molecule has 0 saturated heterocycles. The summed E-state index contributed by atoms with van der Waals surface area (Å²) in [6.07, 6.45) is 3.63. The number of carbonyl (C=O) groups excluding carboxylic acids is 2. The Balaban J connectivity index is 2.98. The van der Waals surface area contributed by atoms with Crippen LogP contribution in [0.3, 0.4) is 0 Å². The lowest BCUT2D eigenvalue weighted by atomic mass is 10.0. The summed E-state index contributed by atoms with van der Waals surface area (Å²) in [5.41, 5.74) is 0.757. The lowest BCUT2D eigenvalue weighted by Crippen LogP contribution is -2.48. The van der Waals surface area contributed by atoms with Gasteiger partial charge in [-0.1, -0.05) is 38.3 Å². The summed E-state index contributed by atoms with van der Waals surface area (Å²) in [6, 6.07) is 5.12. The average Bonchev–Trinajstić information content (AvgIpc) is 2.62. The molecule has 1 unspecified atom stereocenters. The number of hydrogen-bond donors (Lipinski definition) is 0. The third kappa shape index (κ3) is 7.42. The maximum absolute atomic E-state index is 13.2. The van der Waals surface area contributed by atoms with E-state index in [-0.39, 0.29) is 25.5 Å². The number of hydrogen-bond acceptors (Lipinski definition) is 4. The molecule has 146 valence electrons. The molecule has 0 spiro atoms. The number of amides is 1. The molecule has 1 aromatic rings. The number of unbranched alkanes of at least 4 members (excludes halogenated alkanes) is 3. The van der Waals surface area contributed by atoms with Gasteiger partial charge in [0.1, 0.15) is 11.9 Å². The third-order valence-corrected chi connectivity index (χ3v) is 4.03. The zero-order valence-electron chi connectivity index (χ0n) is 16.0. The minimum absolute atomic E-state index is 0.227. The summed E-state index contributed by atoms with van der Waals surface area (Å²) in [7, 11) is 0. The molecule has 5 nitrogen and oxygen atoms in total. The Kier molecular flexibility index (Phi) is 10.4. The van der Waals surface area contributed by atoms with Gasteiger partial charge in [-0.3, -0.25) is 4.90 Å². The van der Waals surface area contributed by atoms with Gasteiger partial charge in [-0.05, 0) is 38.0 Å². The van der Waals surface area contributed by atoms with E-state index in [0.717, 1.165) is 31.2 Å². The van der Waals surface area contributed by atoms with E-state index in [2.05, 4.69) is 6.92 Å². The van der Waals surface area contributed by atoms with Gasteiger partial charge >= 0.3 is 12.1 Å². The fourth-order valence-corrected chi connectivity index (χ4v) is 2.69. The summed E-state index contributed by atoms with van der Waals surface area (Å²) in [4.78, 5) is 26.4. The van der Waals surface area contributed by atoms with E-state index in [0.29, 0.717) is 6.54 Å². The molecule has 0 saturated carbocycles. The van der Waals surface area contributed by atoms with Crippen LogP contribution in [0.2, 0.25) is 0 Å². The van der Waals surface area contributed by atoms with E-state index in [1.165, 1.54) is 17.0 Å². The fraction of sp³-hybridized carbons (Fsp3) is 0.600. The maximum atomic E-state index is 13.2. The van der Waals surface area contributed by atoms with Gasteiger partial charge in [0.2, 0.25) is 0 Å². The molecular weight excluding hydrogens is 337 g/mol. The Morgan fingerprint density at radius 3 is 2.23 bits per heavy atom. The average molecular weight is 367 g/mol. The first-order valence-electron chi connectivity index (χ1n) is 9.37. The van der Waals surface area contributed by atoms with Gasteiger partial charge in [0.15, 0.2) is 0 Å². The van der Waals surface area contributed by atoms with Crippen LogP contribution in [0.1, 0.15) is 52.0 Å². The first-order valence-corrected chi connectivity index (χ1v) is 9.37. The summed E-state index contributed by atoms with van der Waals surface area (Å²) in [5.74, 6) is -0.816. The molecule has 6 heteroatoms. The summed E-state index contributed by atoms with van der Waals surface area (Å²) in [5, 5.41) is 0. The number of carbonyl (C=O) groups is 2. The quantitative estimate of drug-likeness (QED) is 0.431. The van der Waals surface area contributed by atoms with E-state index < -0.39 is 18.1 Å². The number of ether oxygens (including phenoxy) is 2. The number of rotatable bonds is 11. The molecule has 1 aromatic carbocycles. The van der Waals surface area contributed by atoms with Crippen molar-refractivity contribution in [2.45, 2.75) is 58.9 Å². The van der Waals surface area contributed by atoms with Crippen molar-refractivity contribution in [3.05, 3.63) is 35.6 Å². The smallest absolute Gasteiger partial charge is 0.410 e. The number of esters is 1. The van der Waals surface area contributed by atoms with E-state index in [9.17, 15) is 14.0 Å². The third-order valence-electron chi connectivity index (χ3n) is 4.03. The van der Waals surface area contributed by atoms with Crippen LogP contribution in [-0.2, 0) is 20.7 Å². The molecule has 0 bridgehead atoms. The van der Waals surface area contributed by atoms with Crippen molar-refractivity contribution in [1.29, 1.82) is 0 Å². The van der Waals surface area contributed by atoms with Crippen LogP contribution < -0.4 is 0 Å². The minimum Gasteiger partial charge on any atom is -0.464 e. The van der Waals surface area contributed by atoms with Crippen molar-refractivity contribution in [3.63, 3.8) is 0 Å². The second-order valence-corrected chi connectivity index (χ2v) is 6.05. The zero-order chi connectivity index (χ0) is 19.4. The van der Waals surface area contributed by atoms with Crippen LogP contribution in [-0.4, -0.2) is 42.8 Å². The fourth-order valence-electron chi connectivity index (χ4n) is 2.69. The van der Waals surface area contributed by atoms with Crippen LogP contribution in [0.4, 0.5) is 9.18 Å². The van der Waals surface area contributed by atoms with E-state index in [1.807, 2.05) is 0 Å². The van der Waals surface area contributed by atoms with Crippen molar-refractivity contribution in [2.75, 3.05) is 19.8 Å². The topological polar surface area (TPSA) is 55.8 Å². The largest absolute Gasteiger partial charge is 0.464 e. The second-order valence-electron chi connectivity index (χ2n) is 6.05. The lowest BCUT2D eigenvalue weighted by molar-refractivity contribution is -0.149. The number of nitrogens with zero attached hydrogens (tertiary/aromatic N) is 1. The highest BCUT2D eigenvalue weighted by Crippen LogP contribution is 2.15. The van der Waals surface area contributed by atoms with Crippen LogP contribution >= 0.6 is 0 Å². The van der Waals surface area contributed by atoms with Crippen molar-refractivity contribution >= 4 is 12.1 Å². The summed E-state index contributed by atoms with van der Waals surface area (Å²) in [6.45, 7) is 6.44. The molecule has 1 rings (SSSR count). The minimum atomic E-state index is -0.791. The van der Waals surface area contributed by atoms with Gasteiger partial charge in [-0.2, -0.15) is 0 Å². The van der Waals surface area contributed by atoms with Crippen LogP contribution in [0.5, 0.6) is 0 Å². The molecule has 1 amide bonds. The molecule has 0 heterocycles. The zero-order valence-corrected chi connectivity index (χ0v) is 16.0. The van der Waals surface area contributed by atoms with Gasteiger partial charge in [0, 0.05) is 13.0 Å².